The molecule has 0 unspecified atom stereocenters. The average Bonchev–Trinajstić information content (AvgIpc) is 3.34. The van der Waals surface area contributed by atoms with Gasteiger partial charge in [0.05, 0.1) is 23.5 Å². The van der Waals surface area contributed by atoms with E-state index in [4.69, 9.17) is 9.15 Å². The lowest BCUT2D eigenvalue weighted by atomic mass is 10.1. The van der Waals surface area contributed by atoms with Crippen molar-refractivity contribution in [3.63, 3.8) is 0 Å². The molecule has 3 aromatic rings. The van der Waals surface area contributed by atoms with Crippen LogP contribution in [0.2, 0.25) is 0 Å². The van der Waals surface area contributed by atoms with Crippen LogP contribution in [0.3, 0.4) is 0 Å². The maximum atomic E-state index is 13.1. The summed E-state index contributed by atoms with van der Waals surface area (Å²) in [7, 11) is -1.90. The second kappa shape index (κ2) is 8.85. The molecule has 0 radical (unpaired) electrons. The highest BCUT2D eigenvalue weighted by Gasteiger charge is 2.32. The number of furan rings is 1. The highest BCUT2D eigenvalue weighted by molar-refractivity contribution is 7.92. The predicted molar refractivity (Wildman–Crippen MR) is 118 cm³/mol. The normalized spacial score (nSPS) is 14.9. The number of anilines is 1. The van der Waals surface area contributed by atoms with Crippen LogP contribution in [0.1, 0.15) is 12.8 Å². The fourth-order valence-corrected chi connectivity index (χ4v) is 5.45. The van der Waals surface area contributed by atoms with Gasteiger partial charge in [-0.15, -0.1) is 0 Å². The molecular weight excluding hydrogens is 416 g/mol. The van der Waals surface area contributed by atoms with Gasteiger partial charge in [0.1, 0.15) is 11.5 Å². The molecule has 162 valence electrons. The molecule has 0 saturated carbocycles. The van der Waals surface area contributed by atoms with Gasteiger partial charge in [0.2, 0.25) is 0 Å². The third-order valence-corrected chi connectivity index (χ3v) is 7.76. The van der Waals surface area contributed by atoms with Crippen molar-refractivity contribution in [1.82, 2.24) is 4.90 Å². The minimum Gasteiger partial charge on any atom is -0.497 e. The van der Waals surface area contributed by atoms with Gasteiger partial charge in [-0.3, -0.25) is 0 Å². The van der Waals surface area contributed by atoms with Crippen LogP contribution < -0.4 is 10.1 Å². The Labute approximate surface area is 181 Å². The fourth-order valence-electron chi connectivity index (χ4n) is 3.72. The van der Waals surface area contributed by atoms with Crippen LogP contribution in [0.25, 0.3) is 11.3 Å². The van der Waals surface area contributed by atoms with Crippen molar-refractivity contribution < 1.29 is 22.4 Å². The molecule has 1 aliphatic heterocycles. The Morgan fingerprint density at radius 1 is 1.06 bits per heavy atom. The molecule has 1 saturated heterocycles. The lowest BCUT2D eigenvalue weighted by molar-refractivity contribution is 0.200. The van der Waals surface area contributed by atoms with E-state index in [1.807, 2.05) is 6.07 Å². The number of amides is 2. The van der Waals surface area contributed by atoms with Crippen molar-refractivity contribution in [2.24, 2.45) is 0 Å². The van der Waals surface area contributed by atoms with Crippen molar-refractivity contribution >= 4 is 21.6 Å². The van der Waals surface area contributed by atoms with E-state index in [0.717, 1.165) is 5.56 Å². The van der Waals surface area contributed by atoms with Crippen LogP contribution in [0.4, 0.5) is 10.5 Å². The number of nitrogens with zero attached hydrogens (tertiary/aromatic N) is 1. The minimum absolute atomic E-state index is 0.244. The summed E-state index contributed by atoms with van der Waals surface area (Å²) >= 11 is 0. The average molecular weight is 441 g/mol. The van der Waals surface area contributed by atoms with Crippen LogP contribution in [-0.4, -0.2) is 44.8 Å². The number of methoxy groups -OCH3 is 1. The molecule has 8 heteroatoms. The summed E-state index contributed by atoms with van der Waals surface area (Å²) in [5, 5.41) is 2.33. The number of urea groups is 1. The SMILES string of the molecule is COc1cccc(NC(=O)N2CCC(S(=O)(=O)c3ccc(-c4ccco4)cc3)CC2)c1. The number of hydrogen-bond donors (Lipinski definition) is 1. The molecule has 4 rings (SSSR count). The molecule has 1 aromatic heterocycles. The first kappa shape index (κ1) is 21.0. The summed E-state index contributed by atoms with van der Waals surface area (Å²) in [6.07, 6.45) is 2.37. The van der Waals surface area contributed by atoms with Crippen LogP contribution in [0, 0.1) is 0 Å². The van der Waals surface area contributed by atoms with E-state index in [9.17, 15) is 13.2 Å². The molecule has 7 nitrogen and oxygen atoms in total. The van der Waals surface area contributed by atoms with Crippen molar-refractivity contribution in [2.75, 3.05) is 25.5 Å². The quantitative estimate of drug-likeness (QED) is 0.634. The van der Waals surface area contributed by atoms with E-state index in [2.05, 4.69) is 5.32 Å². The first-order valence-electron chi connectivity index (χ1n) is 10.1. The van der Waals surface area contributed by atoms with E-state index >= 15 is 0 Å². The second-order valence-electron chi connectivity index (χ2n) is 7.40. The Morgan fingerprint density at radius 3 is 2.45 bits per heavy atom. The summed E-state index contributed by atoms with van der Waals surface area (Å²) in [5.41, 5.74) is 1.46. The molecule has 2 aromatic carbocycles. The van der Waals surface area contributed by atoms with Gasteiger partial charge < -0.3 is 19.4 Å². The monoisotopic (exact) mass is 440 g/mol. The molecule has 0 atom stereocenters. The number of carbonyl (C=O) groups excluding carboxylic acids is 1. The van der Waals surface area contributed by atoms with E-state index in [1.54, 1.807) is 72.9 Å². The number of likely N-dealkylation sites (tertiary alicyclic amines) is 1. The summed E-state index contributed by atoms with van der Waals surface area (Å²) < 4.78 is 36.7. The van der Waals surface area contributed by atoms with Gasteiger partial charge in [0, 0.05) is 30.4 Å². The Balaban J connectivity index is 1.37. The van der Waals surface area contributed by atoms with Gasteiger partial charge in [-0.2, -0.15) is 0 Å². The summed E-state index contributed by atoms with van der Waals surface area (Å²) in [6.45, 7) is 0.758. The third kappa shape index (κ3) is 4.59. The first-order chi connectivity index (χ1) is 15.0. The number of rotatable bonds is 5. The first-order valence-corrected chi connectivity index (χ1v) is 11.6. The zero-order chi connectivity index (χ0) is 21.8. The lowest BCUT2D eigenvalue weighted by Gasteiger charge is -2.31. The molecule has 1 fully saturated rings. The maximum absolute atomic E-state index is 13.1. The van der Waals surface area contributed by atoms with Gasteiger partial charge in [-0.1, -0.05) is 6.07 Å². The number of hydrogen-bond acceptors (Lipinski definition) is 5. The van der Waals surface area contributed by atoms with Gasteiger partial charge in [0.15, 0.2) is 9.84 Å². The van der Waals surface area contributed by atoms with Crippen molar-refractivity contribution in [3.05, 3.63) is 66.9 Å². The molecule has 0 aliphatic carbocycles. The van der Waals surface area contributed by atoms with Crippen LogP contribution >= 0.6 is 0 Å². The molecular formula is C23H24N2O5S. The largest absolute Gasteiger partial charge is 0.497 e. The van der Waals surface area contributed by atoms with Crippen molar-refractivity contribution in [2.45, 2.75) is 23.0 Å². The molecule has 1 N–H and O–H groups in total. The third-order valence-electron chi connectivity index (χ3n) is 5.48. The van der Waals surface area contributed by atoms with Gasteiger partial charge >= 0.3 is 6.03 Å². The number of carbonyl (C=O) groups is 1. The van der Waals surface area contributed by atoms with Crippen molar-refractivity contribution in [1.29, 1.82) is 0 Å². The highest BCUT2D eigenvalue weighted by Crippen LogP contribution is 2.28. The Bertz CT molecular complexity index is 1130. The van der Waals surface area contributed by atoms with E-state index in [0.29, 0.717) is 48.0 Å². The summed E-state index contributed by atoms with van der Waals surface area (Å²) in [5.74, 6) is 1.35. The standard InChI is InChI=1S/C23H24N2O5S/c1-29-19-5-2-4-18(16-19)24-23(26)25-13-11-21(12-14-25)31(27,28)20-9-7-17(8-10-20)22-6-3-15-30-22/h2-10,15-16,21H,11-14H2,1H3,(H,24,26). The van der Waals surface area contributed by atoms with Crippen LogP contribution in [0.5, 0.6) is 5.75 Å². The highest BCUT2D eigenvalue weighted by atomic mass is 32.2. The fraction of sp³-hybridized carbons (Fsp3) is 0.261. The van der Waals surface area contributed by atoms with Gasteiger partial charge in [0.25, 0.3) is 0 Å². The molecule has 1 aliphatic rings. The lowest BCUT2D eigenvalue weighted by Crippen LogP contribution is -2.44. The van der Waals surface area contributed by atoms with E-state index < -0.39 is 15.1 Å². The topological polar surface area (TPSA) is 88.9 Å². The maximum Gasteiger partial charge on any atom is 0.321 e. The number of piperidine rings is 1. The smallest absolute Gasteiger partial charge is 0.321 e. The Hall–Kier alpha value is -3.26. The number of ether oxygens (including phenoxy) is 1. The summed E-state index contributed by atoms with van der Waals surface area (Å²) in [4.78, 5) is 14.5. The Morgan fingerprint density at radius 2 is 1.81 bits per heavy atom. The predicted octanol–water partition coefficient (Wildman–Crippen LogP) is 4.43. The molecule has 0 bridgehead atoms. The van der Waals surface area contributed by atoms with Gasteiger partial charge in [-0.25, -0.2) is 13.2 Å². The molecule has 31 heavy (non-hydrogen) atoms. The number of benzene rings is 2. The van der Waals surface area contributed by atoms with E-state index in [1.165, 1.54) is 0 Å². The van der Waals surface area contributed by atoms with Crippen LogP contribution in [-0.2, 0) is 9.84 Å². The van der Waals surface area contributed by atoms with E-state index in [-0.39, 0.29) is 6.03 Å². The molecule has 0 spiro atoms. The Kier molecular flexibility index (Phi) is 5.99. The van der Waals surface area contributed by atoms with Crippen LogP contribution in [0.15, 0.2) is 76.2 Å². The second-order valence-corrected chi connectivity index (χ2v) is 9.62. The summed E-state index contributed by atoms with van der Waals surface area (Å²) in [6, 6.07) is 17.2. The zero-order valence-electron chi connectivity index (χ0n) is 17.2. The minimum atomic E-state index is -3.47. The molecule has 2 heterocycles. The zero-order valence-corrected chi connectivity index (χ0v) is 18.0. The number of sulfone groups is 1. The van der Waals surface area contributed by atoms with Gasteiger partial charge in [-0.05, 0) is 61.4 Å². The number of nitrogens with one attached hydrogen (secondary N) is 1. The molecule has 2 amide bonds. The van der Waals surface area contributed by atoms with Crippen molar-refractivity contribution in [3.8, 4) is 17.1 Å².